The molecule has 0 fully saturated rings. The number of rotatable bonds is 1. The van der Waals surface area contributed by atoms with E-state index >= 15 is 0 Å². The molecule has 0 amide bonds. The molecule has 94 valence electrons. The van der Waals surface area contributed by atoms with E-state index in [9.17, 15) is 0 Å². The lowest BCUT2D eigenvalue weighted by Crippen LogP contribution is -1.89. The fourth-order valence-corrected chi connectivity index (χ4v) is 2.50. The molecule has 0 unspecified atom stereocenters. The van der Waals surface area contributed by atoms with Gasteiger partial charge in [0.05, 0.1) is 0 Å². The second-order valence-corrected chi connectivity index (χ2v) is 5.61. The summed E-state index contributed by atoms with van der Waals surface area (Å²) in [7, 11) is 0. The molecule has 0 heterocycles. The van der Waals surface area contributed by atoms with Crippen LogP contribution in [0.25, 0.3) is 11.1 Å². The molecule has 18 heavy (non-hydrogen) atoms. The van der Waals surface area contributed by atoms with Crippen LogP contribution in [0.1, 0.15) is 22.3 Å². The van der Waals surface area contributed by atoms with Crippen molar-refractivity contribution in [3.05, 3.63) is 56.6 Å². The lowest BCUT2D eigenvalue weighted by Gasteiger charge is -2.11. The van der Waals surface area contributed by atoms with Gasteiger partial charge in [0, 0.05) is 10.0 Å². The normalized spacial score (nSPS) is 10.8. The van der Waals surface area contributed by atoms with Crippen LogP contribution in [0.5, 0.6) is 0 Å². The van der Waals surface area contributed by atoms with E-state index in [1.165, 1.54) is 22.3 Å². The van der Waals surface area contributed by atoms with E-state index in [-0.39, 0.29) is 0 Å². The van der Waals surface area contributed by atoms with Crippen LogP contribution in [0.2, 0.25) is 10.0 Å². The minimum atomic E-state index is 0.716. The number of hydrogen-bond acceptors (Lipinski definition) is 0. The van der Waals surface area contributed by atoms with Gasteiger partial charge in [0.25, 0.3) is 0 Å². The first kappa shape index (κ1) is 13.5. The highest BCUT2D eigenvalue weighted by molar-refractivity contribution is 6.36. The molecule has 0 radical (unpaired) electrons. The fourth-order valence-electron chi connectivity index (χ4n) is 2.01. The summed E-state index contributed by atoms with van der Waals surface area (Å²) in [4.78, 5) is 0. The molecule has 2 aromatic carbocycles. The lowest BCUT2D eigenvalue weighted by atomic mass is 9.96. The predicted octanol–water partition coefficient (Wildman–Crippen LogP) is 5.89. The van der Waals surface area contributed by atoms with Gasteiger partial charge in [0.2, 0.25) is 0 Å². The summed E-state index contributed by atoms with van der Waals surface area (Å²) in [5.41, 5.74) is 7.09. The summed E-state index contributed by atoms with van der Waals surface area (Å²) in [6.07, 6.45) is 0. The first-order chi connectivity index (χ1) is 8.40. The zero-order chi connectivity index (χ0) is 13.4. The third-order valence-electron chi connectivity index (χ3n) is 3.54. The first-order valence-corrected chi connectivity index (χ1v) is 6.69. The first-order valence-electron chi connectivity index (χ1n) is 5.94. The van der Waals surface area contributed by atoms with Crippen LogP contribution in [0.15, 0.2) is 24.3 Å². The Hall–Kier alpha value is -0.980. The summed E-state index contributed by atoms with van der Waals surface area (Å²) in [5, 5.41) is 1.43. The van der Waals surface area contributed by atoms with Gasteiger partial charge in [-0.1, -0.05) is 35.3 Å². The Morgan fingerprint density at radius 2 is 1.00 bits per heavy atom. The molecule has 0 aliphatic carbocycles. The van der Waals surface area contributed by atoms with Crippen LogP contribution >= 0.6 is 23.2 Å². The SMILES string of the molecule is Cc1cc(-c2cc(Cl)c(C)c(Cl)c2)cc(C)c1C. The van der Waals surface area contributed by atoms with E-state index in [1.54, 1.807) is 0 Å². The highest BCUT2D eigenvalue weighted by Crippen LogP contribution is 2.32. The van der Waals surface area contributed by atoms with Gasteiger partial charge in [-0.15, -0.1) is 0 Å². The Morgan fingerprint density at radius 1 is 0.611 bits per heavy atom. The Morgan fingerprint density at radius 3 is 1.44 bits per heavy atom. The minimum Gasteiger partial charge on any atom is -0.0840 e. The van der Waals surface area contributed by atoms with Crippen LogP contribution in [0, 0.1) is 27.7 Å². The second-order valence-electron chi connectivity index (χ2n) is 4.80. The molecule has 2 aromatic rings. The van der Waals surface area contributed by atoms with Crippen LogP contribution in [-0.4, -0.2) is 0 Å². The quantitative estimate of drug-likeness (QED) is 0.610. The standard InChI is InChI=1S/C16H16Cl2/c1-9-5-13(6-10(2)11(9)3)14-7-15(17)12(4)16(18)8-14/h5-8H,1-4H3. The van der Waals surface area contributed by atoms with Crippen LogP contribution < -0.4 is 0 Å². The molecule has 0 aromatic heterocycles. The number of hydrogen-bond donors (Lipinski definition) is 0. The molecule has 0 nitrogen and oxygen atoms in total. The maximum atomic E-state index is 6.20. The van der Waals surface area contributed by atoms with Crippen LogP contribution in [-0.2, 0) is 0 Å². The molecule has 0 aliphatic rings. The van der Waals surface area contributed by atoms with Gasteiger partial charge in [-0.25, -0.2) is 0 Å². The minimum absolute atomic E-state index is 0.716. The van der Waals surface area contributed by atoms with E-state index in [1.807, 2.05) is 19.1 Å². The molecule has 0 N–H and O–H groups in total. The van der Waals surface area contributed by atoms with Gasteiger partial charge in [-0.3, -0.25) is 0 Å². The van der Waals surface area contributed by atoms with Crippen LogP contribution in [0.3, 0.4) is 0 Å². The summed E-state index contributed by atoms with van der Waals surface area (Å²) in [6.45, 7) is 8.33. The Bertz CT molecular complexity index is 511. The molecule has 0 bridgehead atoms. The summed E-state index contributed by atoms with van der Waals surface area (Å²) in [6, 6.07) is 8.32. The average Bonchev–Trinajstić information content (AvgIpc) is 2.31. The van der Waals surface area contributed by atoms with Crippen molar-refractivity contribution in [3.8, 4) is 11.1 Å². The van der Waals surface area contributed by atoms with Crippen molar-refractivity contribution in [3.63, 3.8) is 0 Å². The van der Waals surface area contributed by atoms with Gasteiger partial charge < -0.3 is 0 Å². The summed E-state index contributed by atoms with van der Waals surface area (Å²) < 4.78 is 0. The third kappa shape index (κ3) is 2.41. The number of benzene rings is 2. The Balaban J connectivity index is 2.63. The van der Waals surface area contributed by atoms with Gasteiger partial charge in [0.15, 0.2) is 0 Å². The molecular weight excluding hydrogens is 263 g/mol. The van der Waals surface area contributed by atoms with Gasteiger partial charge in [-0.2, -0.15) is 0 Å². The molecule has 0 aliphatic heterocycles. The molecule has 2 rings (SSSR count). The second kappa shape index (κ2) is 4.95. The van der Waals surface area contributed by atoms with Crippen molar-refractivity contribution >= 4 is 23.2 Å². The van der Waals surface area contributed by atoms with Crippen molar-refractivity contribution < 1.29 is 0 Å². The van der Waals surface area contributed by atoms with E-state index in [4.69, 9.17) is 23.2 Å². The van der Waals surface area contributed by atoms with Crippen LogP contribution in [0.4, 0.5) is 0 Å². The number of halogens is 2. The highest BCUT2D eigenvalue weighted by Gasteiger charge is 2.08. The van der Waals surface area contributed by atoms with E-state index in [0.29, 0.717) is 10.0 Å². The fraction of sp³-hybridized carbons (Fsp3) is 0.250. The third-order valence-corrected chi connectivity index (χ3v) is 4.33. The van der Waals surface area contributed by atoms with Crippen molar-refractivity contribution in [2.75, 3.05) is 0 Å². The maximum absolute atomic E-state index is 6.20. The van der Waals surface area contributed by atoms with E-state index in [2.05, 4.69) is 32.9 Å². The Kier molecular flexibility index (Phi) is 3.70. The topological polar surface area (TPSA) is 0 Å². The summed E-state index contributed by atoms with van der Waals surface area (Å²) in [5.74, 6) is 0. The predicted molar refractivity (Wildman–Crippen MR) is 80.8 cm³/mol. The monoisotopic (exact) mass is 278 g/mol. The highest BCUT2D eigenvalue weighted by atomic mass is 35.5. The zero-order valence-corrected chi connectivity index (χ0v) is 12.6. The van der Waals surface area contributed by atoms with Gasteiger partial charge in [0.1, 0.15) is 0 Å². The lowest BCUT2D eigenvalue weighted by molar-refractivity contribution is 1.27. The smallest absolute Gasteiger partial charge is 0.0456 e. The zero-order valence-electron chi connectivity index (χ0n) is 11.1. The van der Waals surface area contributed by atoms with Crippen molar-refractivity contribution in [2.24, 2.45) is 0 Å². The van der Waals surface area contributed by atoms with Crippen molar-refractivity contribution in [2.45, 2.75) is 27.7 Å². The molecule has 2 heteroatoms. The van der Waals surface area contributed by atoms with Crippen molar-refractivity contribution in [1.82, 2.24) is 0 Å². The van der Waals surface area contributed by atoms with Gasteiger partial charge in [-0.05, 0) is 73.2 Å². The van der Waals surface area contributed by atoms with Crippen molar-refractivity contribution in [1.29, 1.82) is 0 Å². The average molecular weight is 279 g/mol. The molecule has 0 spiro atoms. The van der Waals surface area contributed by atoms with E-state index in [0.717, 1.165) is 11.1 Å². The molecule has 0 saturated carbocycles. The largest absolute Gasteiger partial charge is 0.0840 e. The summed E-state index contributed by atoms with van der Waals surface area (Å²) >= 11 is 12.4. The Labute approximate surface area is 119 Å². The van der Waals surface area contributed by atoms with Gasteiger partial charge >= 0.3 is 0 Å². The molecular formula is C16H16Cl2. The molecule has 0 atom stereocenters. The van der Waals surface area contributed by atoms with E-state index < -0.39 is 0 Å². The maximum Gasteiger partial charge on any atom is 0.0456 e. The molecule has 0 saturated heterocycles. The number of aryl methyl sites for hydroxylation is 2.